The molecule has 8 nitrogen and oxygen atoms in total. The van der Waals surface area contributed by atoms with Gasteiger partial charge in [-0.2, -0.15) is 15.3 Å². The summed E-state index contributed by atoms with van der Waals surface area (Å²) in [4.78, 5) is 21.2. The molecule has 35 heavy (non-hydrogen) atoms. The number of aryl methyl sites for hydroxylation is 1. The van der Waals surface area contributed by atoms with E-state index in [4.69, 9.17) is 0 Å². The Morgan fingerprint density at radius 1 is 1.00 bits per heavy atom. The number of aromatic amines is 1. The highest BCUT2D eigenvalue weighted by Crippen LogP contribution is 2.31. The summed E-state index contributed by atoms with van der Waals surface area (Å²) in [5, 5.41) is 19.3. The Hall–Kier alpha value is -4.53. The molecule has 1 amide bonds. The number of rotatable bonds is 5. The molecule has 0 aliphatic rings. The minimum Gasteiger partial charge on any atom is -0.322 e. The minimum atomic E-state index is -1.64. The van der Waals surface area contributed by atoms with Gasteiger partial charge in [0, 0.05) is 40.2 Å². The average Bonchev–Trinajstić information content (AvgIpc) is 3.34. The number of pyridine rings is 2. The maximum absolute atomic E-state index is 14.3. The van der Waals surface area contributed by atoms with Crippen LogP contribution in [0.4, 0.5) is 10.1 Å². The van der Waals surface area contributed by atoms with Crippen LogP contribution in [0.1, 0.15) is 35.5 Å². The molecule has 0 unspecified atom stereocenters. The molecule has 0 spiro atoms. The maximum atomic E-state index is 14.3. The quantitative estimate of drug-likeness (QED) is 0.366. The molecule has 4 aromatic heterocycles. The van der Waals surface area contributed by atoms with E-state index < -0.39 is 5.67 Å². The van der Waals surface area contributed by atoms with Gasteiger partial charge in [0.15, 0.2) is 5.65 Å². The number of nitrogens with one attached hydrogen (secondary N) is 2. The van der Waals surface area contributed by atoms with Crippen molar-refractivity contribution in [2.24, 2.45) is 0 Å². The molecule has 0 aliphatic carbocycles. The number of hydrogen-bond donors (Lipinski definition) is 2. The van der Waals surface area contributed by atoms with Crippen molar-refractivity contribution >= 4 is 22.6 Å². The molecule has 0 saturated carbocycles. The van der Waals surface area contributed by atoms with Gasteiger partial charge in [-0.3, -0.25) is 14.9 Å². The summed E-state index contributed by atoms with van der Waals surface area (Å²) in [5.41, 5.74) is 4.43. The molecular formula is C26H22FN7O. The normalized spacial score (nSPS) is 11.5. The van der Waals surface area contributed by atoms with E-state index in [-0.39, 0.29) is 11.6 Å². The average molecular weight is 468 g/mol. The first-order chi connectivity index (χ1) is 16.8. The summed E-state index contributed by atoms with van der Waals surface area (Å²) in [6.07, 6.45) is 6.57. The largest absolute Gasteiger partial charge is 0.322 e. The molecule has 5 aromatic rings. The Kier molecular flexibility index (Phi) is 5.52. The van der Waals surface area contributed by atoms with Crippen molar-refractivity contribution in [3.63, 3.8) is 0 Å². The van der Waals surface area contributed by atoms with Crippen molar-refractivity contribution in [2.45, 2.75) is 26.4 Å². The topological polar surface area (TPSA) is 109 Å². The molecule has 0 saturated heterocycles. The zero-order chi connectivity index (χ0) is 24.6. The zero-order valence-electron chi connectivity index (χ0n) is 19.4. The second-order valence-electron chi connectivity index (χ2n) is 8.71. The molecule has 174 valence electrons. The van der Waals surface area contributed by atoms with Crippen LogP contribution < -0.4 is 5.32 Å². The van der Waals surface area contributed by atoms with Gasteiger partial charge < -0.3 is 5.32 Å². The lowest BCUT2D eigenvalue weighted by molar-refractivity contribution is 0.102. The lowest BCUT2D eigenvalue weighted by atomic mass is 10.0. The molecule has 4 heterocycles. The van der Waals surface area contributed by atoms with E-state index in [0.717, 1.165) is 27.6 Å². The molecule has 0 aliphatic heterocycles. The fourth-order valence-electron chi connectivity index (χ4n) is 3.82. The van der Waals surface area contributed by atoms with Crippen LogP contribution in [-0.2, 0) is 5.67 Å². The SMILES string of the molecule is Cc1ccc(NC(=O)c2ccnc(C(C)(C)F)c2)cc1-c1cc(-c2ccnc3[nH]ncc23)cnn1. The first-order valence-electron chi connectivity index (χ1n) is 11.0. The number of hydrogen-bond acceptors (Lipinski definition) is 6. The van der Waals surface area contributed by atoms with E-state index in [1.54, 1.807) is 24.7 Å². The zero-order valence-corrected chi connectivity index (χ0v) is 19.4. The number of amides is 1. The highest BCUT2D eigenvalue weighted by atomic mass is 19.1. The first-order valence-corrected chi connectivity index (χ1v) is 11.0. The Morgan fingerprint density at radius 3 is 2.66 bits per heavy atom. The van der Waals surface area contributed by atoms with Crippen LogP contribution >= 0.6 is 0 Å². The van der Waals surface area contributed by atoms with Gasteiger partial charge in [-0.05, 0) is 68.3 Å². The monoisotopic (exact) mass is 467 g/mol. The van der Waals surface area contributed by atoms with Crippen LogP contribution in [0.15, 0.2) is 67.3 Å². The Morgan fingerprint density at radius 2 is 1.83 bits per heavy atom. The number of nitrogens with zero attached hydrogens (tertiary/aromatic N) is 5. The predicted molar refractivity (Wildman–Crippen MR) is 131 cm³/mol. The van der Waals surface area contributed by atoms with Crippen LogP contribution in [0.5, 0.6) is 0 Å². The Bertz CT molecular complexity index is 1560. The van der Waals surface area contributed by atoms with E-state index in [1.165, 1.54) is 26.1 Å². The standard InChI is InChI=1S/C26H22FN7O/c1-15-4-5-18(32-25(35)16-6-8-28-23(11-16)26(2,3)27)12-20(15)22-10-17(13-30-33-22)19-7-9-29-24-21(19)14-31-34-24/h4-14H,1-3H3,(H,32,35)(H,29,31,34). The fraction of sp³-hybridized carbons (Fsp3) is 0.154. The van der Waals surface area contributed by atoms with Crippen LogP contribution in [0.2, 0.25) is 0 Å². The molecular weight excluding hydrogens is 445 g/mol. The molecule has 1 aromatic carbocycles. The summed E-state index contributed by atoms with van der Waals surface area (Å²) in [5.74, 6) is -0.355. The summed E-state index contributed by atoms with van der Waals surface area (Å²) in [7, 11) is 0. The fourth-order valence-corrected chi connectivity index (χ4v) is 3.82. The second kappa shape index (κ2) is 8.68. The third-order valence-electron chi connectivity index (χ3n) is 5.72. The van der Waals surface area contributed by atoms with Crippen molar-refractivity contribution in [2.75, 3.05) is 5.32 Å². The van der Waals surface area contributed by atoms with Gasteiger partial charge in [-0.15, -0.1) is 0 Å². The van der Waals surface area contributed by atoms with E-state index >= 15 is 0 Å². The van der Waals surface area contributed by atoms with Crippen LogP contribution in [0.3, 0.4) is 0 Å². The smallest absolute Gasteiger partial charge is 0.255 e. The van der Waals surface area contributed by atoms with E-state index in [9.17, 15) is 9.18 Å². The van der Waals surface area contributed by atoms with Gasteiger partial charge in [0.05, 0.1) is 23.8 Å². The highest BCUT2D eigenvalue weighted by molar-refractivity contribution is 6.04. The number of benzene rings is 1. The van der Waals surface area contributed by atoms with Crippen LogP contribution in [0.25, 0.3) is 33.4 Å². The van der Waals surface area contributed by atoms with Gasteiger partial charge >= 0.3 is 0 Å². The molecule has 9 heteroatoms. The van der Waals surface area contributed by atoms with Crippen molar-refractivity contribution in [1.29, 1.82) is 0 Å². The number of alkyl halides is 1. The van der Waals surface area contributed by atoms with Crippen LogP contribution in [0, 0.1) is 6.92 Å². The van der Waals surface area contributed by atoms with Gasteiger partial charge in [-0.25, -0.2) is 9.37 Å². The molecule has 0 bridgehead atoms. The third-order valence-corrected chi connectivity index (χ3v) is 5.72. The molecule has 2 N–H and O–H groups in total. The van der Waals surface area contributed by atoms with E-state index in [2.05, 4.69) is 35.7 Å². The number of carbonyl (C=O) groups is 1. The van der Waals surface area contributed by atoms with Gasteiger partial charge in [0.25, 0.3) is 5.91 Å². The third kappa shape index (κ3) is 4.48. The van der Waals surface area contributed by atoms with Crippen molar-refractivity contribution in [3.8, 4) is 22.4 Å². The van der Waals surface area contributed by atoms with Crippen molar-refractivity contribution < 1.29 is 9.18 Å². The van der Waals surface area contributed by atoms with Crippen molar-refractivity contribution in [3.05, 3.63) is 84.1 Å². The lowest BCUT2D eigenvalue weighted by Crippen LogP contribution is -2.16. The number of carbonyl (C=O) groups excluding carboxylic acids is 1. The minimum absolute atomic E-state index is 0.199. The van der Waals surface area contributed by atoms with Gasteiger partial charge in [0.2, 0.25) is 0 Å². The summed E-state index contributed by atoms with van der Waals surface area (Å²) >= 11 is 0. The molecule has 5 rings (SSSR count). The van der Waals surface area contributed by atoms with Crippen LogP contribution in [-0.4, -0.2) is 36.3 Å². The molecule has 0 atom stereocenters. The van der Waals surface area contributed by atoms with E-state index in [1.807, 2.05) is 37.3 Å². The van der Waals surface area contributed by atoms with Crippen molar-refractivity contribution in [1.82, 2.24) is 30.4 Å². The maximum Gasteiger partial charge on any atom is 0.255 e. The first kappa shape index (κ1) is 22.3. The lowest BCUT2D eigenvalue weighted by Gasteiger charge is -2.14. The molecule has 0 radical (unpaired) electrons. The molecule has 0 fully saturated rings. The number of fused-ring (bicyclic) bond motifs is 1. The summed E-state index contributed by atoms with van der Waals surface area (Å²) in [6.45, 7) is 4.78. The highest BCUT2D eigenvalue weighted by Gasteiger charge is 2.22. The number of halogens is 1. The summed E-state index contributed by atoms with van der Waals surface area (Å²) in [6, 6.07) is 12.4. The Labute approximate surface area is 200 Å². The number of anilines is 1. The summed E-state index contributed by atoms with van der Waals surface area (Å²) < 4.78 is 14.3. The number of H-pyrrole nitrogens is 1. The number of aromatic nitrogens is 6. The van der Waals surface area contributed by atoms with E-state index in [0.29, 0.717) is 22.6 Å². The van der Waals surface area contributed by atoms with Gasteiger partial charge in [-0.1, -0.05) is 6.07 Å². The second-order valence-corrected chi connectivity index (χ2v) is 8.71. The van der Waals surface area contributed by atoms with Gasteiger partial charge in [0.1, 0.15) is 5.67 Å². The predicted octanol–water partition coefficient (Wildman–Crippen LogP) is 5.24. The Balaban J connectivity index is 1.46.